The van der Waals surface area contributed by atoms with E-state index in [-0.39, 0.29) is 5.91 Å². The van der Waals surface area contributed by atoms with Crippen molar-refractivity contribution >= 4 is 23.0 Å². The summed E-state index contributed by atoms with van der Waals surface area (Å²) < 4.78 is 0. The van der Waals surface area contributed by atoms with Crippen LogP contribution in [-0.4, -0.2) is 11.6 Å². The molecule has 25 heavy (non-hydrogen) atoms. The zero-order valence-corrected chi connectivity index (χ0v) is 14.9. The predicted octanol–water partition coefficient (Wildman–Crippen LogP) is 5.10. The van der Waals surface area contributed by atoms with Crippen LogP contribution in [0.25, 0.3) is 0 Å². The fraction of sp³-hybridized carbons (Fsp3) is 0.333. The van der Waals surface area contributed by atoms with Gasteiger partial charge in [-0.25, -0.2) is 5.43 Å². The van der Waals surface area contributed by atoms with Crippen molar-refractivity contribution in [2.75, 3.05) is 5.32 Å². The van der Waals surface area contributed by atoms with Crippen molar-refractivity contribution in [1.82, 2.24) is 5.43 Å². The van der Waals surface area contributed by atoms with Crippen molar-refractivity contribution in [3.63, 3.8) is 0 Å². The summed E-state index contributed by atoms with van der Waals surface area (Å²) in [6.07, 6.45) is 5.57. The number of benzene rings is 2. The van der Waals surface area contributed by atoms with E-state index in [1.54, 1.807) is 0 Å². The Morgan fingerprint density at radius 1 is 0.920 bits per heavy atom. The number of carbonyl (C=O) groups is 1. The summed E-state index contributed by atoms with van der Waals surface area (Å²) in [5.74, 6) is -0.175. The Morgan fingerprint density at radius 3 is 2.44 bits per heavy atom. The summed E-state index contributed by atoms with van der Waals surface area (Å²) in [6.45, 7) is 4.16. The quantitative estimate of drug-likeness (QED) is 0.764. The van der Waals surface area contributed by atoms with Gasteiger partial charge in [-0.3, -0.25) is 4.79 Å². The molecule has 0 saturated heterocycles. The maximum absolute atomic E-state index is 12.6. The average molecular weight is 335 g/mol. The van der Waals surface area contributed by atoms with Crippen molar-refractivity contribution in [2.24, 2.45) is 5.10 Å². The van der Waals surface area contributed by atoms with Crippen LogP contribution >= 0.6 is 0 Å². The Morgan fingerprint density at radius 2 is 1.64 bits per heavy atom. The number of carbonyl (C=O) groups excluding carboxylic acids is 1. The normalized spacial score (nSPS) is 14.1. The Kier molecular flexibility index (Phi) is 5.49. The van der Waals surface area contributed by atoms with Gasteiger partial charge in [0.05, 0.1) is 11.3 Å². The van der Waals surface area contributed by atoms with Crippen LogP contribution in [0.2, 0.25) is 0 Å². The van der Waals surface area contributed by atoms with E-state index in [9.17, 15) is 4.79 Å². The largest absolute Gasteiger partial charge is 0.355 e. The fourth-order valence-corrected chi connectivity index (χ4v) is 3.08. The van der Waals surface area contributed by atoms with Crippen molar-refractivity contribution in [1.29, 1.82) is 0 Å². The van der Waals surface area contributed by atoms with Crippen molar-refractivity contribution in [3.8, 4) is 0 Å². The third kappa shape index (κ3) is 4.27. The fourth-order valence-electron chi connectivity index (χ4n) is 3.08. The van der Waals surface area contributed by atoms with E-state index in [0.717, 1.165) is 29.9 Å². The molecule has 0 radical (unpaired) electrons. The summed E-state index contributed by atoms with van der Waals surface area (Å²) in [6, 6.07) is 13.7. The molecule has 2 N–H and O–H groups in total. The van der Waals surface area contributed by atoms with Gasteiger partial charge in [0.15, 0.2) is 0 Å². The standard InChI is InChI=1S/C21H25N3O/c1-15-9-8-14-19(16(15)2)22-20-13-7-6-12-18(20)21(25)24-23-17-10-4-3-5-11-17/h6-9,12-14,22H,3-5,10-11H2,1-2H3,(H,24,25). The third-order valence-corrected chi connectivity index (χ3v) is 4.79. The molecule has 4 nitrogen and oxygen atoms in total. The maximum Gasteiger partial charge on any atom is 0.273 e. The highest BCUT2D eigenvalue weighted by Crippen LogP contribution is 2.25. The van der Waals surface area contributed by atoms with Gasteiger partial charge in [-0.15, -0.1) is 0 Å². The van der Waals surface area contributed by atoms with Gasteiger partial charge in [0.25, 0.3) is 5.91 Å². The Bertz CT molecular complexity index is 787. The molecular weight excluding hydrogens is 310 g/mol. The number of rotatable bonds is 4. The molecule has 0 bridgehead atoms. The molecule has 1 aliphatic rings. The molecule has 1 saturated carbocycles. The molecule has 130 valence electrons. The van der Waals surface area contributed by atoms with Gasteiger partial charge >= 0.3 is 0 Å². The van der Waals surface area contributed by atoms with Crippen LogP contribution in [0.15, 0.2) is 47.6 Å². The minimum absolute atomic E-state index is 0.175. The molecule has 0 heterocycles. The lowest BCUT2D eigenvalue weighted by atomic mass is 9.99. The van der Waals surface area contributed by atoms with Crippen LogP contribution in [0.5, 0.6) is 0 Å². The van der Waals surface area contributed by atoms with Gasteiger partial charge in [-0.1, -0.05) is 30.7 Å². The van der Waals surface area contributed by atoms with Crippen LogP contribution in [0, 0.1) is 13.8 Å². The molecule has 1 aliphatic carbocycles. The molecule has 0 unspecified atom stereocenters. The second-order valence-electron chi connectivity index (χ2n) is 6.60. The Labute approximate surface area is 149 Å². The number of nitrogens with zero attached hydrogens (tertiary/aromatic N) is 1. The van der Waals surface area contributed by atoms with Crippen LogP contribution < -0.4 is 10.7 Å². The van der Waals surface area contributed by atoms with Crippen LogP contribution in [0.1, 0.15) is 53.6 Å². The molecule has 0 atom stereocenters. The smallest absolute Gasteiger partial charge is 0.273 e. The molecule has 1 fully saturated rings. The van der Waals surface area contributed by atoms with E-state index < -0.39 is 0 Å². The summed E-state index contributed by atoms with van der Waals surface area (Å²) in [5, 5.41) is 7.72. The first-order valence-corrected chi connectivity index (χ1v) is 8.93. The van der Waals surface area contributed by atoms with Gasteiger partial charge in [-0.05, 0) is 68.9 Å². The summed E-state index contributed by atoms with van der Waals surface area (Å²) in [5.41, 5.74) is 8.63. The van der Waals surface area contributed by atoms with Gasteiger partial charge in [0.1, 0.15) is 0 Å². The number of anilines is 2. The van der Waals surface area contributed by atoms with Gasteiger partial charge < -0.3 is 5.32 Å². The highest BCUT2D eigenvalue weighted by molar-refractivity contribution is 6.01. The number of hydrogen-bond acceptors (Lipinski definition) is 3. The molecule has 0 aliphatic heterocycles. The van der Waals surface area contributed by atoms with Gasteiger partial charge in [-0.2, -0.15) is 5.10 Å². The van der Waals surface area contributed by atoms with E-state index in [1.807, 2.05) is 36.4 Å². The number of hydrogen-bond donors (Lipinski definition) is 2. The SMILES string of the molecule is Cc1cccc(Nc2ccccc2C(=O)NN=C2CCCCC2)c1C. The average Bonchev–Trinajstić information content (AvgIpc) is 2.65. The van der Waals surface area contributed by atoms with E-state index >= 15 is 0 Å². The lowest BCUT2D eigenvalue weighted by Crippen LogP contribution is -2.21. The van der Waals surface area contributed by atoms with Crippen molar-refractivity contribution < 1.29 is 4.79 Å². The minimum atomic E-state index is -0.175. The summed E-state index contributed by atoms with van der Waals surface area (Å²) in [7, 11) is 0. The molecular formula is C21H25N3O. The molecule has 0 aromatic heterocycles. The number of para-hydroxylation sites is 1. The lowest BCUT2D eigenvalue weighted by Gasteiger charge is -2.15. The van der Waals surface area contributed by atoms with Crippen LogP contribution in [0.3, 0.4) is 0 Å². The molecule has 0 spiro atoms. The monoisotopic (exact) mass is 335 g/mol. The minimum Gasteiger partial charge on any atom is -0.355 e. The highest BCUT2D eigenvalue weighted by Gasteiger charge is 2.13. The molecule has 1 amide bonds. The molecule has 3 rings (SSSR count). The number of nitrogens with one attached hydrogen (secondary N) is 2. The molecule has 2 aromatic rings. The predicted molar refractivity (Wildman–Crippen MR) is 104 cm³/mol. The number of hydrazone groups is 1. The topological polar surface area (TPSA) is 53.5 Å². The first-order valence-electron chi connectivity index (χ1n) is 8.93. The molecule has 4 heteroatoms. The van der Waals surface area contributed by atoms with Crippen LogP contribution in [-0.2, 0) is 0 Å². The van der Waals surface area contributed by atoms with E-state index in [2.05, 4.69) is 35.8 Å². The van der Waals surface area contributed by atoms with E-state index in [4.69, 9.17) is 0 Å². The van der Waals surface area contributed by atoms with Crippen LogP contribution in [0.4, 0.5) is 11.4 Å². The number of aryl methyl sites for hydroxylation is 1. The van der Waals surface area contributed by atoms with Gasteiger partial charge in [0.2, 0.25) is 0 Å². The van der Waals surface area contributed by atoms with Gasteiger partial charge in [0, 0.05) is 11.4 Å². The van der Waals surface area contributed by atoms with Crippen molar-refractivity contribution in [3.05, 3.63) is 59.2 Å². The summed E-state index contributed by atoms with van der Waals surface area (Å²) in [4.78, 5) is 12.6. The Balaban J connectivity index is 1.78. The third-order valence-electron chi connectivity index (χ3n) is 4.79. The first-order chi connectivity index (χ1) is 12.1. The maximum atomic E-state index is 12.6. The second-order valence-corrected chi connectivity index (χ2v) is 6.60. The van der Waals surface area contributed by atoms with E-state index in [0.29, 0.717) is 5.56 Å². The summed E-state index contributed by atoms with van der Waals surface area (Å²) >= 11 is 0. The zero-order chi connectivity index (χ0) is 17.6. The van der Waals surface area contributed by atoms with Crippen molar-refractivity contribution in [2.45, 2.75) is 46.0 Å². The highest BCUT2D eigenvalue weighted by atomic mass is 16.2. The second kappa shape index (κ2) is 7.97. The lowest BCUT2D eigenvalue weighted by molar-refractivity contribution is 0.0955. The number of amides is 1. The zero-order valence-electron chi connectivity index (χ0n) is 14.9. The molecule has 2 aromatic carbocycles. The van der Waals surface area contributed by atoms with E-state index in [1.165, 1.54) is 30.4 Å². The first kappa shape index (κ1) is 17.2. The Hall–Kier alpha value is -2.62.